The third kappa shape index (κ3) is 5.08. The first kappa shape index (κ1) is 25.7. The number of hydrogen-bond acceptors (Lipinski definition) is 6. The normalized spacial score (nSPS) is 14.7. The van der Waals surface area contributed by atoms with Gasteiger partial charge in [-0.05, 0) is 65.2 Å². The zero-order valence-electron chi connectivity index (χ0n) is 21.4. The molecule has 1 N–H and O–H groups in total. The number of pyridine rings is 2. The predicted molar refractivity (Wildman–Crippen MR) is 157 cm³/mol. The van der Waals surface area contributed by atoms with E-state index in [2.05, 4.69) is 15.2 Å². The maximum Gasteiger partial charge on any atom is 0.255 e. The van der Waals surface area contributed by atoms with Crippen LogP contribution in [0.5, 0.6) is 0 Å². The van der Waals surface area contributed by atoms with Crippen LogP contribution in [0, 0.1) is 0 Å². The van der Waals surface area contributed by atoms with Gasteiger partial charge < -0.3 is 5.32 Å². The van der Waals surface area contributed by atoms with Gasteiger partial charge in [0.15, 0.2) is 9.84 Å². The van der Waals surface area contributed by atoms with Crippen LogP contribution in [-0.4, -0.2) is 55.3 Å². The van der Waals surface area contributed by atoms with Crippen molar-refractivity contribution in [1.29, 1.82) is 0 Å². The summed E-state index contributed by atoms with van der Waals surface area (Å²) in [5.74, 6) is 0. The molecule has 2 aromatic heterocycles. The van der Waals surface area contributed by atoms with Crippen LogP contribution in [0.2, 0.25) is 5.02 Å². The first-order valence-electron chi connectivity index (χ1n) is 12.7. The number of benzene rings is 3. The molecular formula is C30H27ClN4O3S. The van der Waals surface area contributed by atoms with Crippen LogP contribution in [0.4, 0.5) is 0 Å². The van der Waals surface area contributed by atoms with Crippen LogP contribution in [-0.2, 0) is 16.4 Å². The van der Waals surface area contributed by atoms with Crippen LogP contribution in [0.25, 0.3) is 38.6 Å². The fourth-order valence-electron chi connectivity index (χ4n) is 5.29. The molecule has 39 heavy (non-hydrogen) atoms. The molecule has 0 radical (unpaired) electrons. The molecule has 3 aromatic carbocycles. The van der Waals surface area contributed by atoms with Crippen molar-refractivity contribution in [2.75, 3.05) is 32.4 Å². The van der Waals surface area contributed by atoms with E-state index in [9.17, 15) is 13.2 Å². The van der Waals surface area contributed by atoms with E-state index < -0.39 is 9.84 Å². The molecular weight excluding hydrogens is 532 g/mol. The van der Waals surface area contributed by atoms with Crippen molar-refractivity contribution >= 4 is 43.2 Å². The van der Waals surface area contributed by atoms with Crippen molar-refractivity contribution < 1.29 is 8.42 Å². The minimum atomic E-state index is -3.46. The van der Waals surface area contributed by atoms with Gasteiger partial charge in [0.05, 0.1) is 15.9 Å². The Kier molecular flexibility index (Phi) is 6.72. The summed E-state index contributed by atoms with van der Waals surface area (Å²) < 4.78 is 27.0. The average Bonchev–Trinajstić information content (AvgIpc) is 2.93. The van der Waals surface area contributed by atoms with Crippen molar-refractivity contribution in [2.45, 2.75) is 11.4 Å². The molecule has 7 nitrogen and oxygen atoms in total. The molecule has 5 aromatic rings. The molecule has 0 aliphatic carbocycles. The summed E-state index contributed by atoms with van der Waals surface area (Å²) in [4.78, 5) is 20.6. The second-order valence-corrected chi connectivity index (χ2v) is 12.3. The largest absolute Gasteiger partial charge is 0.314 e. The number of fused-ring (bicyclic) bond motifs is 3. The van der Waals surface area contributed by atoms with Gasteiger partial charge in [-0.15, -0.1) is 0 Å². The summed E-state index contributed by atoms with van der Waals surface area (Å²) in [6, 6.07) is 22.1. The molecule has 198 valence electrons. The van der Waals surface area contributed by atoms with Gasteiger partial charge in [0.2, 0.25) is 0 Å². The predicted octanol–water partition coefficient (Wildman–Crippen LogP) is 4.67. The van der Waals surface area contributed by atoms with Crippen LogP contribution in [0.15, 0.2) is 88.7 Å². The van der Waals surface area contributed by atoms with Crippen molar-refractivity contribution in [1.82, 2.24) is 19.8 Å². The number of sulfone groups is 1. The van der Waals surface area contributed by atoms with E-state index in [1.807, 2.05) is 48.5 Å². The lowest BCUT2D eigenvalue weighted by Gasteiger charge is -2.28. The quantitative estimate of drug-likeness (QED) is 0.316. The summed E-state index contributed by atoms with van der Waals surface area (Å²) in [6.45, 7) is 3.84. The number of nitrogens with zero attached hydrogens (tertiary/aromatic N) is 3. The van der Waals surface area contributed by atoms with Crippen molar-refractivity contribution in [3.05, 3.63) is 99.9 Å². The Morgan fingerprint density at radius 1 is 0.923 bits per heavy atom. The van der Waals surface area contributed by atoms with E-state index in [4.69, 9.17) is 11.6 Å². The smallest absolute Gasteiger partial charge is 0.255 e. The molecule has 1 saturated heterocycles. The third-order valence-corrected chi connectivity index (χ3v) is 8.65. The van der Waals surface area contributed by atoms with E-state index in [0.29, 0.717) is 22.8 Å². The number of piperazine rings is 1. The van der Waals surface area contributed by atoms with Gasteiger partial charge in [0.1, 0.15) is 0 Å². The minimum Gasteiger partial charge on any atom is -0.314 e. The summed E-state index contributed by atoms with van der Waals surface area (Å²) in [7, 11) is -3.46. The lowest BCUT2D eigenvalue weighted by Crippen LogP contribution is -2.43. The van der Waals surface area contributed by atoms with E-state index in [0.717, 1.165) is 59.1 Å². The molecule has 0 unspecified atom stereocenters. The second kappa shape index (κ2) is 10.2. The van der Waals surface area contributed by atoms with Crippen molar-refractivity contribution in [2.24, 2.45) is 0 Å². The fourth-order valence-corrected chi connectivity index (χ4v) is 6.33. The maximum atomic E-state index is 13.4. The topological polar surface area (TPSA) is 84.3 Å². The summed E-state index contributed by atoms with van der Waals surface area (Å²) in [5, 5.41) is 5.63. The Labute approximate surface area is 231 Å². The summed E-state index contributed by atoms with van der Waals surface area (Å²) in [6.07, 6.45) is 2.99. The Bertz CT molecular complexity index is 1880. The number of aromatic nitrogens is 2. The van der Waals surface area contributed by atoms with E-state index in [1.165, 1.54) is 12.3 Å². The molecule has 1 fully saturated rings. The molecule has 0 bridgehead atoms. The lowest BCUT2D eigenvalue weighted by molar-refractivity contribution is 0.231. The Morgan fingerprint density at radius 2 is 1.67 bits per heavy atom. The average molecular weight is 559 g/mol. The molecule has 3 heterocycles. The van der Waals surface area contributed by atoms with Crippen LogP contribution >= 0.6 is 11.6 Å². The fraction of sp³-hybridized carbons (Fsp3) is 0.200. The highest BCUT2D eigenvalue weighted by Gasteiger charge is 2.20. The first-order chi connectivity index (χ1) is 18.8. The number of halogens is 1. The van der Waals surface area contributed by atoms with Gasteiger partial charge in [-0.1, -0.05) is 29.8 Å². The first-order valence-corrected chi connectivity index (χ1v) is 15.0. The number of rotatable bonds is 5. The monoisotopic (exact) mass is 558 g/mol. The van der Waals surface area contributed by atoms with Crippen molar-refractivity contribution in [3.8, 4) is 16.8 Å². The molecule has 0 atom stereocenters. The SMILES string of the molecule is CS(=O)(=O)c1ccc(-n2c(=O)ccc3cnc4ccc(-c5ccc(Cl)cc5)cc4c32)cc1CN1CCNCC1. The van der Waals surface area contributed by atoms with Gasteiger partial charge >= 0.3 is 0 Å². The van der Waals surface area contributed by atoms with Gasteiger partial charge in [-0.2, -0.15) is 0 Å². The van der Waals surface area contributed by atoms with E-state index >= 15 is 0 Å². The molecule has 0 amide bonds. The highest BCUT2D eigenvalue weighted by molar-refractivity contribution is 7.90. The van der Waals surface area contributed by atoms with Crippen LogP contribution in [0.3, 0.4) is 0 Å². The summed E-state index contributed by atoms with van der Waals surface area (Å²) >= 11 is 6.10. The maximum absolute atomic E-state index is 13.4. The zero-order chi connectivity index (χ0) is 27.1. The summed E-state index contributed by atoms with van der Waals surface area (Å²) in [5.41, 5.74) is 4.56. The highest BCUT2D eigenvalue weighted by Crippen LogP contribution is 2.31. The Balaban J connectivity index is 1.58. The highest BCUT2D eigenvalue weighted by atomic mass is 35.5. The van der Waals surface area contributed by atoms with E-state index in [-0.39, 0.29) is 10.5 Å². The third-order valence-electron chi connectivity index (χ3n) is 7.20. The van der Waals surface area contributed by atoms with Gasteiger partial charge in [0, 0.05) is 72.7 Å². The minimum absolute atomic E-state index is 0.202. The molecule has 0 spiro atoms. The Hall–Kier alpha value is -3.56. The molecule has 1 aliphatic rings. The zero-order valence-corrected chi connectivity index (χ0v) is 23.0. The number of nitrogens with one attached hydrogen (secondary N) is 1. The van der Waals surface area contributed by atoms with E-state index in [1.54, 1.807) is 29.0 Å². The molecule has 0 saturated carbocycles. The van der Waals surface area contributed by atoms with Crippen molar-refractivity contribution in [3.63, 3.8) is 0 Å². The van der Waals surface area contributed by atoms with Crippen LogP contribution < -0.4 is 10.9 Å². The van der Waals surface area contributed by atoms with Gasteiger partial charge in [0.25, 0.3) is 5.56 Å². The van der Waals surface area contributed by atoms with Gasteiger partial charge in [-0.3, -0.25) is 19.2 Å². The second-order valence-electron chi connectivity index (χ2n) is 9.90. The Morgan fingerprint density at radius 3 is 2.41 bits per heavy atom. The molecule has 6 rings (SSSR count). The lowest BCUT2D eigenvalue weighted by atomic mass is 10.0. The van der Waals surface area contributed by atoms with Gasteiger partial charge in [-0.25, -0.2) is 8.42 Å². The van der Waals surface area contributed by atoms with Crippen LogP contribution in [0.1, 0.15) is 5.56 Å². The number of hydrogen-bond donors (Lipinski definition) is 1. The molecule has 9 heteroatoms. The standard InChI is InChI=1S/C30H27ClN4O3S/c1-39(37,38)28-10-8-25(16-23(28)19-34-14-12-32-13-15-34)35-29(36)11-5-22-18-33-27-9-4-21(17-26(27)30(22)35)20-2-6-24(31)7-3-20/h2-11,16-18,32H,12-15,19H2,1H3. The molecule has 1 aliphatic heterocycles.